The number of carbonyl (C=O) groups excluding carboxylic acids is 1. The number of piperidine rings is 1. The van der Waals surface area contributed by atoms with Gasteiger partial charge in [-0.05, 0) is 32.4 Å². The first-order valence-electron chi connectivity index (χ1n) is 6.61. The Labute approximate surface area is 112 Å². The van der Waals surface area contributed by atoms with Crippen molar-refractivity contribution in [2.24, 2.45) is 5.84 Å². The summed E-state index contributed by atoms with van der Waals surface area (Å²) < 4.78 is 5.40. The van der Waals surface area contributed by atoms with Crippen molar-refractivity contribution in [1.82, 2.24) is 10.3 Å². The first-order chi connectivity index (χ1) is 9.15. The number of hydrogen-bond donors (Lipinski definition) is 3. The number of likely N-dealkylation sites (tertiary alicyclic amines) is 1. The minimum Gasteiger partial charge on any atom is -0.456 e. The Morgan fingerprint density at radius 1 is 1.63 bits per heavy atom. The normalized spacial score (nSPS) is 20.5. The molecule has 0 saturated carbocycles. The van der Waals surface area contributed by atoms with E-state index < -0.39 is 5.91 Å². The van der Waals surface area contributed by atoms with Crippen LogP contribution in [-0.2, 0) is 6.54 Å². The second-order valence-corrected chi connectivity index (χ2v) is 4.97. The quantitative estimate of drug-likeness (QED) is 0.421. The number of aliphatic hydroxyl groups excluding tert-OH is 1. The van der Waals surface area contributed by atoms with Crippen LogP contribution in [0.4, 0.5) is 0 Å². The van der Waals surface area contributed by atoms with Crippen molar-refractivity contribution in [1.29, 1.82) is 0 Å². The number of nitrogens with zero attached hydrogens (tertiary/aromatic N) is 1. The van der Waals surface area contributed by atoms with Crippen molar-refractivity contribution in [2.45, 2.75) is 38.8 Å². The molecule has 1 amide bonds. The average Bonchev–Trinajstić information content (AvgIpc) is 2.80. The number of rotatable bonds is 4. The second kappa shape index (κ2) is 6.18. The van der Waals surface area contributed by atoms with Crippen molar-refractivity contribution >= 4 is 5.91 Å². The van der Waals surface area contributed by atoms with E-state index in [2.05, 4.69) is 10.3 Å². The molecule has 1 aromatic heterocycles. The molecule has 1 aromatic rings. The highest BCUT2D eigenvalue weighted by Gasteiger charge is 2.23. The van der Waals surface area contributed by atoms with Crippen LogP contribution in [0.5, 0.6) is 0 Å². The Hall–Kier alpha value is -1.37. The molecular formula is C13H21N3O3. The van der Waals surface area contributed by atoms with E-state index in [9.17, 15) is 9.90 Å². The summed E-state index contributed by atoms with van der Waals surface area (Å²) in [4.78, 5) is 13.6. The predicted octanol–water partition coefficient (Wildman–Crippen LogP) is 0.538. The summed E-state index contributed by atoms with van der Waals surface area (Å²) in [5, 5.41) is 9.39. The van der Waals surface area contributed by atoms with Crippen LogP contribution in [0.2, 0.25) is 0 Å². The summed E-state index contributed by atoms with van der Waals surface area (Å²) in [6.07, 6.45) is 3.32. The van der Waals surface area contributed by atoms with Gasteiger partial charge in [0.05, 0.1) is 6.61 Å². The zero-order valence-electron chi connectivity index (χ0n) is 11.2. The lowest BCUT2D eigenvalue weighted by Gasteiger charge is -2.34. The van der Waals surface area contributed by atoms with E-state index in [1.807, 2.05) is 6.92 Å². The molecule has 1 aliphatic rings. The minimum atomic E-state index is -0.424. The zero-order valence-corrected chi connectivity index (χ0v) is 11.2. The number of carbonyl (C=O) groups is 1. The van der Waals surface area contributed by atoms with E-state index >= 15 is 0 Å². The third-order valence-electron chi connectivity index (χ3n) is 3.71. The van der Waals surface area contributed by atoms with E-state index in [-0.39, 0.29) is 18.4 Å². The summed E-state index contributed by atoms with van der Waals surface area (Å²) in [6, 6.07) is 1.93. The summed E-state index contributed by atoms with van der Waals surface area (Å²) >= 11 is 0. The molecule has 0 aliphatic carbocycles. The molecule has 0 bridgehead atoms. The first-order valence-corrected chi connectivity index (χ1v) is 6.61. The number of aliphatic hydroxyl groups is 1. The van der Waals surface area contributed by atoms with Gasteiger partial charge >= 0.3 is 5.91 Å². The van der Waals surface area contributed by atoms with Gasteiger partial charge in [-0.2, -0.15) is 0 Å². The van der Waals surface area contributed by atoms with Gasteiger partial charge in [-0.3, -0.25) is 15.1 Å². The minimum absolute atomic E-state index is 0.174. The van der Waals surface area contributed by atoms with Crippen LogP contribution in [0.15, 0.2) is 10.5 Å². The van der Waals surface area contributed by atoms with Gasteiger partial charge in [0.2, 0.25) is 0 Å². The van der Waals surface area contributed by atoms with Gasteiger partial charge in [0.1, 0.15) is 5.76 Å². The summed E-state index contributed by atoms with van der Waals surface area (Å²) in [5.41, 5.74) is 3.03. The fraction of sp³-hybridized carbons (Fsp3) is 0.615. The summed E-state index contributed by atoms with van der Waals surface area (Å²) in [7, 11) is 0. The van der Waals surface area contributed by atoms with Gasteiger partial charge in [-0.1, -0.05) is 6.42 Å². The molecule has 1 atom stereocenters. The number of hydrogen-bond acceptors (Lipinski definition) is 5. The van der Waals surface area contributed by atoms with Gasteiger partial charge in [0.15, 0.2) is 5.76 Å². The van der Waals surface area contributed by atoms with Crippen LogP contribution in [0.25, 0.3) is 0 Å². The molecule has 0 radical (unpaired) electrons. The molecule has 6 heteroatoms. The molecule has 4 N–H and O–H groups in total. The highest BCUT2D eigenvalue weighted by atomic mass is 16.4. The lowest BCUT2D eigenvalue weighted by molar-refractivity contribution is 0.0837. The molecule has 1 aliphatic heterocycles. The molecule has 1 unspecified atom stereocenters. The standard InChI is InChI=1S/C13H21N3O3/c1-9-10(6-12(19-9)13(18)15-14)7-16-5-3-2-4-11(16)8-17/h6,11,17H,2-5,7-8,14H2,1H3,(H,15,18). The Kier molecular flexibility index (Phi) is 4.57. The number of hydrazine groups is 1. The fourth-order valence-corrected chi connectivity index (χ4v) is 2.55. The Morgan fingerprint density at radius 2 is 2.42 bits per heavy atom. The molecule has 1 saturated heterocycles. The number of nitrogens with one attached hydrogen (secondary N) is 1. The third kappa shape index (κ3) is 3.15. The van der Waals surface area contributed by atoms with E-state index in [0.29, 0.717) is 6.54 Å². The molecule has 106 valence electrons. The van der Waals surface area contributed by atoms with Crippen molar-refractivity contribution in [3.05, 3.63) is 23.2 Å². The van der Waals surface area contributed by atoms with Crippen molar-refractivity contribution in [2.75, 3.05) is 13.2 Å². The maximum absolute atomic E-state index is 11.4. The van der Waals surface area contributed by atoms with Gasteiger partial charge < -0.3 is 9.52 Å². The molecule has 19 heavy (non-hydrogen) atoms. The van der Waals surface area contributed by atoms with Gasteiger partial charge in [-0.15, -0.1) is 0 Å². The molecule has 0 aromatic carbocycles. The Morgan fingerprint density at radius 3 is 3.11 bits per heavy atom. The van der Waals surface area contributed by atoms with Crippen LogP contribution in [0.3, 0.4) is 0 Å². The molecule has 2 rings (SSSR count). The molecule has 2 heterocycles. The van der Waals surface area contributed by atoms with Gasteiger partial charge in [0, 0.05) is 18.2 Å². The monoisotopic (exact) mass is 267 g/mol. The van der Waals surface area contributed by atoms with Crippen LogP contribution < -0.4 is 11.3 Å². The topological polar surface area (TPSA) is 91.7 Å². The average molecular weight is 267 g/mol. The summed E-state index contributed by atoms with van der Waals surface area (Å²) in [5.74, 6) is 5.62. The van der Waals surface area contributed by atoms with E-state index in [1.54, 1.807) is 6.07 Å². The lowest BCUT2D eigenvalue weighted by atomic mass is 10.0. The van der Waals surface area contributed by atoms with E-state index in [1.165, 1.54) is 0 Å². The molecule has 6 nitrogen and oxygen atoms in total. The number of nitrogen functional groups attached to an aromatic ring is 1. The second-order valence-electron chi connectivity index (χ2n) is 4.97. The number of nitrogens with two attached hydrogens (primary N) is 1. The third-order valence-corrected chi connectivity index (χ3v) is 3.71. The van der Waals surface area contributed by atoms with Crippen molar-refractivity contribution < 1.29 is 14.3 Å². The maximum Gasteiger partial charge on any atom is 0.300 e. The van der Waals surface area contributed by atoms with Gasteiger partial charge in [0.25, 0.3) is 0 Å². The zero-order chi connectivity index (χ0) is 13.8. The molecular weight excluding hydrogens is 246 g/mol. The largest absolute Gasteiger partial charge is 0.456 e. The Bertz CT molecular complexity index is 444. The molecule has 0 spiro atoms. The highest BCUT2D eigenvalue weighted by molar-refractivity contribution is 5.91. The van der Waals surface area contributed by atoms with Crippen molar-refractivity contribution in [3.63, 3.8) is 0 Å². The van der Waals surface area contributed by atoms with Crippen molar-refractivity contribution in [3.8, 4) is 0 Å². The highest BCUT2D eigenvalue weighted by Crippen LogP contribution is 2.22. The smallest absolute Gasteiger partial charge is 0.300 e. The van der Waals surface area contributed by atoms with Crippen LogP contribution >= 0.6 is 0 Å². The number of aryl methyl sites for hydroxylation is 1. The maximum atomic E-state index is 11.4. The number of furan rings is 1. The van der Waals surface area contributed by atoms with Crippen LogP contribution in [0.1, 0.15) is 41.1 Å². The van der Waals surface area contributed by atoms with Gasteiger partial charge in [-0.25, -0.2) is 5.84 Å². The lowest BCUT2D eigenvalue weighted by Crippen LogP contribution is -2.41. The first kappa shape index (κ1) is 14.0. The van der Waals surface area contributed by atoms with Crippen LogP contribution in [0, 0.1) is 6.92 Å². The van der Waals surface area contributed by atoms with Crippen LogP contribution in [-0.4, -0.2) is 35.1 Å². The summed E-state index contributed by atoms with van der Waals surface area (Å²) in [6.45, 7) is 3.67. The number of amides is 1. The van der Waals surface area contributed by atoms with E-state index in [4.69, 9.17) is 10.3 Å². The van der Waals surface area contributed by atoms with E-state index in [0.717, 1.165) is 37.1 Å². The molecule has 1 fully saturated rings. The SMILES string of the molecule is Cc1oc(C(=O)NN)cc1CN1CCCCC1CO. The Balaban J connectivity index is 2.09. The predicted molar refractivity (Wildman–Crippen MR) is 70.2 cm³/mol. The fourth-order valence-electron chi connectivity index (χ4n) is 2.55.